The number of hydrogen-bond donors (Lipinski definition) is 1. The highest BCUT2D eigenvalue weighted by Gasteiger charge is 2.17. The van der Waals surface area contributed by atoms with E-state index in [-0.39, 0.29) is 12.3 Å². The van der Waals surface area contributed by atoms with Gasteiger partial charge >= 0.3 is 0 Å². The molecular weight excluding hydrogens is 360 g/mol. The first kappa shape index (κ1) is 15.8. The molecule has 0 saturated heterocycles. The summed E-state index contributed by atoms with van der Waals surface area (Å²) in [6.45, 7) is 0.310. The van der Waals surface area contributed by atoms with Crippen LogP contribution in [-0.4, -0.2) is 4.92 Å². The van der Waals surface area contributed by atoms with Gasteiger partial charge in [-0.15, -0.1) is 0 Å². The van der Waals surface area contributed by atoms with Crippen LogP contribution in [0.3, 0.4) is 0 Å². The first-order valence-corrected chi connectivity index (χ1v) is 7.23. The van der Waals surface area contributed by atoms with E-state index in [0.717, 1.165) is 10.0 Å². The van der Waals surface area contributed by atoms with E-state index in [0.29, 0.717) is 22.9 Å². The molecule has 0 radical (unpaired) electrons. The third-order valence-electron chi connectivity index (χ3n) is 2.91. The third-order valence-corrected chi connectivity index (χ3v) is 3.75. The van der Waals surface area contributed by atoms with Gasteiger partial charge in [0.25, 0.3) is 5.69 Å². The monoisotopic (exact) mass is 370 g/mol. The van der Waals surface area contributed by atoms with Gasteiger partial charge in [-0.05, 0) is 24.3 Å². The van der Waals surface area contributed by atoms with Gasteiger partial charge in [0, 0.05) is 22.6 Å². The number of ether oxygens (including phenoxy) is 1. The van der Waals surface area contributed by atoms with Gasteiger partial charge in [-0.25, -0.2) is 0 Å². The standard InChI is InChI=1S/C14H12BrClN2O3/c15-10-4-5-14(9(6-10)7-17)21-8-11-12(16)2-1-3-13(11)18(19)20/h1-6H,7-8,17H2. The highest BCUT2D eigenvalue weighted by atomic mass is 79.9. The molecule has 7 heteroatoms. The number of nitro benzene ring substituents is 1. The van der Waals surface area contributed by atoms with Crippen molar-refractivity contribution in [1.82, 2.24) is 0 Å². The number of rotatable bonds is 5. The van der Waals surface area contributed by atoms with Crippen LogP contribution in [0.2, 0.25) is 5.02 Å². The van der Waals surface area contributed by atoms with Gasteiger partial charge in [-0.2, -0.15) is 0 Å². The third kappa shape index (κ3) is 3.72. The van der Waals surface area contributed by atoms with E-state index in [4.69, 9.17) is 22.1 Å². The molecule has 0 spiro atoms. The van der Waals surface area contributed by atoms with Crippen LogP contribution in [0.5, 0.6) is 5.75 Å². The average Bonchev–Trinajstić information content (AvgIpc) is 2.46. The van der Waals surface area contributed by atoms with E-state index in [2.05, 4.69) is 15.9 Å². The summed E-state index contributed by atoms with van der Waals surface area (Å²) in [6, 6.07) is 9.95. The highest BCUT2D eigenvalue weighted by Crippen LogP contribution is 2.29. The van der Waals surface area contributed by atoms with Crippen molar-refractivity contribution in [3.05, 3.63) is 67.1 Å². The molecule has 0 amide bonds. The molecule has 0 aliphatic carbocycles. The van der Waals surface area contributed by atoms with E-state index >= 15 is 0 Å². The summed E-state index contributed by atoms with van der Waals surface area (Å²) in [5.41, 5.74) is 6.75. The molecule has 110 valence electrons. The Hall–Kier alpha value is -1.63. The number of benzene rings is 2. The number of nitrogens with two attached hydrogens (primary N) is 1. The van der Waals surface area contributed by atoms with Crippen LogP contribution in [0, 0.1) is 10.1 Å². The minimum atomic E-state index is -0.476. The molecule has 2 N–H and O–H groups in total. The first-order chi connectivity index (χ1) is 10.0. The predicted octanol–water partition coefficient (Wildman–Crippen LogP) is 4.05. The zero-order valence-electron chi connectivity index (χ0n) is 10.9. The Bertz CT molecular complexity index is 679. The molecule has 0 aliphatic rings. The smallest absolute Gasteiger partial charge is 0.277 e. The van der Waals surface area contributed by atoms with E-state index < -0.39 is 4.92 Å². The lowest BCUT2D eigenvalue weighted by Gasteiger charge is -2.12. The fourth-order valence-corrected chi connectivity index (χ4v) is 2.49. The Kier molecular flexibility index (Phi) is 5.17. The van der Waals surface area contributed by atoms with Gasteiger partial charge in [0.15, 0.2) is 0 Å². The molecule has 0 atom stereocenters. The fourth-order valence-electron chi connectivity index (χ4n) is 1.86. The molecule has 0 saturated carbocycles. The second-order valence-corrected chi connectivity index (χ2v) is 5.56. The number of nitrogens with zero attached hydrogens (tertiary/aromatic N) is 1. The lowest BCUT2D eigenvalue weighted by atomic mass is 10.2. The van der Waals surface area contributed by atoms with Gasteiger partial charge in [-0.1, -0.05) is 33.6 Å². The minimum Gasteiger partial charge on any atom is -0.488 e. The predicted molar refractivity (Wildman–Crippen MR) is 84.5 cm³/mol. The fraction of sp³-hybridized carbons (Fsp3) is 0.143. The molecular formula is C14H12BrClN2O3. The van der Waals surface area contributed by atoms with Crippen molar-refractivity contribution in [1.29, 1.82) is 0 Å². The van der Waals surface area contributed by atoms with Gasteiger partial charge in [-0.3, -0.25) is 10.1 Å². The Morgan fingerprint density at radius 3 is 2.76 bits per heavy atom. The zero-order valence-corrected chi connectivity index (χ0v) is 13.2. The molecule has 0 fully saturated rings. The summed E-state index contributed by atoms with van der Waals surface area (Å²) >= 11 is 9.38. The van der Waals surface area contributed by atoms with Gasteiger partial charge < -0.3 is 10.5 Å². The normalized spacial score (nSPS) is 10.4. The second kappa shape index (κ2) is 6.89. The molecule has 2 aromatic rings. The van der Waals surface area contributed by atoms with Crippen LogP contribution in [-0.2, 0) is 13.2 Å². The summed E-state index contributed by atoms with van der Waals surface area (Å²) in [7, 11) is 0. The second-order valence-electron chi connectivity index (χ2n) is 4.24. The van der Waals surface area contributed by atoms with Gasteiger partial charge in [0.2, 0.25) is 0 Å². The maximum atomic E-state index is 11.0. The highest BCUT2D eigenvalue weighted by molar-refractivity contribution is 9.10. The van der Waals surface area contributed by atoms with Crippen LogP contribution in [0.15, 0.2) is 40.9 Å². The van der Waals surface area contributed by atoms with Crippen LogP contribution in [0.25, 0.3) is 0 Å². The molecule has 2 aromatic carbocycles. The van der Waals surface area contributed by atoms with Gasteiger partial charge in [0.05, 0.1) is 15.5 Å². The van der Waals surface area contributed by atoms with Crippen molar-refractivity contribution in [2.24, 2.45) is 5.73 Å². The molecule has 5 nitrogen and oxygen atoms in total. The number of hydrogen-bond acceptors (Lipinski definition) is 4. The van der Waals surface area contributed by atoms with E-state index in [1.165, 1.54) is 12.1 Å². The molecule has 21 heavy (non-hydrogen) atoms. The SMILES string of the molecule is NCc1cc(Br)ccc1OCc1c(Cl)cccc1[N+](=O)[O-]. The zero-order chi connectivity index (χ0) is 15.4. The lowest BCUT2D eigenvalue weighted by molar-refractivity contribution is -0.385. The Morgan fingerprint density at radius 2 is 2.10 bits per heavy atom. The molecule has 0 aliphatic heterocycles. The summed E-state index contributed by atoms with van der Waals surface area (Å²) in [4.78, 5) is 10.5. The summed E-state index contributed by atoms with van der Waals surface area (Å²) in [5.74, 6) is 0.579. The first-order valence-electron chi connectivity index (χ1n) is 6.06. The van der Waals surface area contributed by atoms with Crippen molar-refractivity contribution >= 4 is 33.2 Å². The van der Waals surface area contributed by atoms with Crippen LogP contribution < -0.4 is 10.5 Å². The van der Waals surface area contributed by atoms with Crippen LogP contribution in [0.1, 0.15) is 11.1 Å². The van der Waals surface area contributed by atoms with E-state index in [9.17, 15) is 10.1 Å². The van der Waals surface area contributed by atoms with Crippen molar-refractivity contribution in [3.8, 4) is 5.75 Å². The summed E-state index contributed by atoms with van der Waals surface area (Å²) < 4.78 is 6.54. The maximum Gasteiger partial charge on any atom is 0.277 e. The van der Waals surface area contributed by atoms with E-state index in [1.807, 2.05) is 12.1 Å². The quantitative estimate of drug-likeness (QED) is 0.635. The largest absolute Gasteiger partial charge is 0.488 e. The minimum absolute atomic E-state index is 0.00458. The van der Waals surface area contributed by atoms with E-state index in [1.54, 1.807) is 12.1 Å². The molecule has 0 bridgehead atoms. The molecule has 2 rings (SSSR count). The Labute approximate surface area is 134 Å². The summed E-state index contributed by atoms with van der Waals surface area (Å²) in [6.07, 6.45) is 0. The van der Waals surface area contributed by atoms with Crippen molar-refractivity contribution in [2.75, 3.05) is 0 Å². The average molecular weight is 372 g/mol. The maximum absolute atomic E-state index is 11.0. The Balaban J connectivity index is 2.27. The summed E-state index contributed by atoms with van der Waals surface area (Å²) in [5, 5.41) is 11.3. The number of halogens is 2. The van der Waals surface area contributed by atoms with Crippen molar-refractivity contribution in [3.63, 3.8) is 0 Å². The molecule has 0 unspecified atom stereocenters. The van der Waals surface area contributed by atoms with Crippen molar-refractivity contribution < 1.29 is 9.66 Å². The van der Waals surface area contributed by atoms with Crippen molar-refractivity contribution in [2.45, 2.75) is 13.2 Å². The lowest BCUT2D eigenvalue weighted by Crippen LogP contribution is -2.05. The van der Waals surface area contributed by atoms with Gasteiger partial charge in [0.1, 0.15) is 12.4 Å². The molecule has 0 aromatic heterocycles. The topological polar surface area (TPSA) is 78.4 Å². The van der Waals surface area contributed by atoms with Crippen LogP contribution in [0.4, 0.5) is 5.69 Å². The molecule has 0 heterocycles. The number of nitro groups is 1. The van der Waals surface area contributed by atoms with Crippen LogP contribution >= 0.6 is 27.5 Å². The Morgan fingerprint density at radius 1 is 1.33 bits per heavy atom.